The number of rotatable bonds is 3. The van der Waals surface area contributed by atoms with Crippen molar-refractivity contribution in [3.05, 3.63) is 41.6 Å². The molecule has 0 bridgehead atoms. The van der Waals surface area contributed by atoms with Crippen molar-refractivity contribution in [1.82, 2.24) is 20.1 Å². The first-order valence-corrected chi connectivity index (χ1v) is 5.20. The van der Waals surface area contributed by atoms with Gasteiger partial charge in [0.2, 0.25) is 0 Å². The van der Waals surface area contributed by atoms with Crippen LogP contribution in [-0.4, -0.2) is 38.8 Å². The summed E-state index contributed by atoms with van der Waals surface area (Å²) in [4.78, 5) is 25.8. The monoisotopic (exact) mass is 264 g/mol. The number of carboxylic acids is 1. The van der Waals surface area contributed by atoms with Gasteiger partial charge >= 0.3 is 5.97 Å². The Morgan fingerprint density at radius 1 is 1.42 bits per heavy atom. The number of carboxylic acid groups (broad SMARTS) is 1. The lowest BCUT2D eigenvalue weighted by molar-refractivity contribution is 0.0691. The molecule has 7 nitrogen and oxygen atoms in total. The van der Waals surface area contributed by atoms with Crippen molar-refractivity contribution in [2.24, 2.45) is 0 Å². The average molecular weight is 264 g/mol. The van der Waals surface area contributed by atoms with E-state index in [-0.39, 0.29) is 11.5 Å². The first-order chi connectivity index (χ1) is 9.04. The van der Waals surface area contributed by atoms with E-state index >= 15 is 0 Å². The summed E-state index contributed by atoms with van der Waals surface area (Å²) in [5.41, 5.74) is -0.438. The molecule has 2 heterocycles. The molecule has 0 radical (unpaired) electrons. The number of aromatic nitrogens is 3. The highest BCUT2D eigenvalue weighted by Crippen LogP contribution is 2.14. The Kier molecular flexibility index (Phi) is 3.23. The predicted molar refractivity (Wildman–Crippen MR) is 61.7 cm³/mol. The Bertz CT molecular complexity index is 653. The van der Waals surface area contributed by atoms with E-state index in [2.05, 4.69) is 15.4 Å². The van der Waals surface area contributed by atoms with Crippen molar-refractivity contribution in [1.29, 1.82) is 0 Å². The highest BCUT2D eigenvalue weighted by atomic mass is 19.1. The molecule has 0 saturated heterocycles. The van der Waals surface area contributed by atoms with Crippen LogP contribution < -0.4 is 5.32 Å². The molecule has 2 N–H and O–H groups in total. The maximum absolute atomic E-state index is 13.9. The zero-order valence-electron chi connectivity index (χ0n) is 9.79. The number of carbonyl (C=O) groups excluding carboxylic acids is 1. The highest BCUT2D eigenvalue weighted by Gasteiger charge is 2.17. The van der Waals surface area contributed by atoms with Crippen LogP contribution in [0.5, 0.6) is 0 Å². The molecule has 2 aromatic heterocycles. The van der Waals surface area contributed by atoms with Crippen molar-refractivity contribution in [2.45, 2.75) is 0 Å². The second-order valence-corrected chi connectivity index (χ2v) is 3.53. The molecular weight excluding hydrogens is 255 g/mol. The summed E-state index contributed by atoms with van der Waals surface area (Å²) in [6.07, 6.45) is 2.48. The molecule has 0 atom stereocenters. The topological polar surface area (TPSA) is 97.1 Å². The molecule has 0 saturated carbocycles. The van der Waals surface area contributed by atoms with E-state index in [4.69, 9.17) is 5.11 Å². The first kappa shape index (κ1) is 12.7. The van der Waals surface area contributed by atoms with Crippen molar-refractivity contribution >= 4 is 11.9 Å². The van der Waals surface area contributed by atoms with Crippen molar-refractivity contribution in [3.8, 4) is 5.82 Å². The first-order valence-electron chi connectivity index (χ1n) is 5.20. The van der Waals surface area contributed by atoms with Gasteiger partial charge in [-0.1, -0.05) is 0 Å². The average Bonchev–Trinajstić information content (AvgIpc) is 2.87. The van der Waals surface area contributed by atoms with Crippen LogP contribution >= 0.6 is 0 Å². The van der Waals surface area contributed by atoms with Gasteiger partial charge in [-0.25, -0.2) is 18.9 Å². The standard InChI is InChI=1S/C11H9FN4O3/c1-13-10(17)7-3-5-16(15-7)9-8(12)6(11(18)19)2-4-14-9/h2-5H,1H3,(H,13,17)(H,18,19). The molecular formula is C11H9FN4O3. The van der Waals surface area contributed by atoms with Gasteiger partial charge in [-0.05, 0) is 12.1 Å². The molecule has 0 spiro atoms. The van der Waals surface area contributed by atoms with Gasteiger partial charge in [-0.3, -0.25) is 4.79 Å². The van der Waals surface area contributed by atoms with Gasteiger partial charge in [0, 0.05) is 19.4 Å². The van der Waals surface area contributed by atoms with E-state index in [9.17, 15) is 14.0 Å². The smallest absolute Gasteiger partial charge is 0.338 e. The minimum Gasteiger partial charge on any atom is -0.478 e. The summed E-state index contributed by atoms with van der Waals surface area (Å²) in [7, 11) is 1.44. The maximum atomic E-state index is 13.9. The third-order valence-corrected chi connectivity index (χ3v) is 2.37. The Balaban J connectivity index is 2.48. The van der Waals surface area contributed by atoms with E-state index in [1.165, 1.54) is 19.3 Å². The zero-order chi connectivity index (χ0) is 14.0. The number of hydrogen-bond donors (Lipinski definition) is 2. The van der Waals surface area contributed by atoms with E-state index in [0.717, 1.165) is 16.9 Å². The van der Waals surface area contributed by atoms with Gasteiger partial charge in [-0.15, -0.1) is 0 Å². The molecule has 0 unspecified atom stereocenters. The summed E-state index contributed by atoms with van der Waals surface area (Å²) in [6, 6.07) is 2.41. The molecule has 19 heavy (non-hydrogen) atoms. The zero-order valence-corrected chi connectivity index (χ0v) is 9.79. The fourth-order valence-electron chi connectivity index (χ4n) is 1.45. The van der Waals surface area contributed by atoms with Crippen LogP contribution in [0.1, 0.15) is 20.8 Å². The Morgan fingerprint density at radius 3 is 2.79 bits per heavy atom. The SMILES string of the molecule is CNC(=O)c1ccn(-c2nccc(C(=O)O)c2F)n1. The predicted octanol–water partition coefficient (Wildman–Crippen LogP) is 0.464. The van der Waals surface area contributed by atoms with Crippen LogP contribution in [0.3, 0.4) is 0 Å². The summed E-state index contributed by atoms with van der Waals surface area (Å²) in [6.45, 7) is 0. The van der Waals surface area contributed by atoms with Gasteiger partial charge in [0.1, 0.15) is 5.56 Å². The fraction of sp³-hybridized carbons (Fsp3) is 0.0909. The molecule has 0 aliphatic rings. The van der Waals surface area contributed by atoms with Gasteiger partial charge in [-0.2, -0.15) is 5.10 Å². The molecule has 0 aliphatic heterocycles. The number of nitrogens with one attached hydrogen (secondary N) is 1. The number of amides is 1. The molecule has 0 fully saturated rings. The molecule has 0 aliphatic carbocycles. The number of aromatic carboxylic acids is 1. The molecule has 98 valence electrons. The summed E-state index contributed by atoms with van der Waals surface area (Å²) < 4.78 is 14.9. The number of pyridine rings is 1. The summed E-state index contributed by atoms with van der Waals surface area (Å²) >= 11 is 0. The molecule has 8 heteroatoms. The molecule has 1 amide bonds. The van der Waals surface area contributed by atoms with Crippen LogP contribution in [0.15, 0.2) is 24.5 Å². The van der Waals surface area contributed by atoms with Crippen molar-refractivity contribution < 1.29 is 19.1 Å². The third-order valence-electron chi connectivity index (χ3n) is 2.37. The minimum atomic E-state index is -1.40. The van der Waals surface area contributed by atoms with Gasteiger partial charge in [0.15, 0.2) is 17.3 Å². The number of halogens is 1. The van der Waals surface area contributed by atoms with Crippen LogP contribution in [0.4, 0.5) is 4.39 Å². The number of carbonyl (C=O) groups is 2. The molecule has 0 aromatic carbocycles. The second kappa shape index (κ2) is 4.84. The summed E-state index contributed by atoms with van der Waals surface area (Å²) in [5, 5.41) is 15.0. The van der Waals surface area contributed by atoms with Gasteiger partial charge in [0.05, 0.1) is 0 Å². The lowest BCUT2D eigenvalue weighted by atomic mass is 10.2. The van der Waals surface area contributed by atoms with Crippen LogP contribution in [-0.2, 0) is 0 Å². The lowest BCUT2D eigenvalue weighted by Crippen LogP contribution is -2.18. The fourth-order valence-corrected chi connectivity index (χ4v) is 1.45. The van der Waals surface area contributed by atoms with E-state index in [1.807, 2.05) is 0 Å². The normalized spacial score (nSPS) is 10.2. The largest absolute Gasteiger partial charge is 0.478 e. The Morgan fingerprint density at radius 2 is 2.16 bits per heavy atom. The third kappa shape index (κ3) is 2.28. The number of hydrogen-bond acceptors (Lipinski definition) is 4. The van der Waals surface area contributed by atoms with E-state index < -0.39 is 23.3 Å². The molecule has 2 rings (SSSR count). The summed E-state index contributed by atoms with van der Waals surface area (Å²) in [5.74, 6) is -3.13. The minimum absolute atomic E-state index is 0.0735. The number of nitrogens with zero attached hydrogens (tertiary/aromatic N) is 3. The van der Waals surface area contributed by atoms with Crippen LogP contribution in [0.2, 0.25) is 0 Å². The maximum Gasteiger partial charge on any atom is 0.338 e. The Labute approximate surface area is 106 Å². The van der Waals surface area contributed by atoms with Crippen LogP contribution in [0.25, 0.3) is 5.82 Å². The van der Waals surface area contributed by atoms with Gasteiger partial charge < -0.3 is 10.4 Å². The van der Waals surface area contributed by atoms with E-state index in [1.54, 1.807) is 0 Å². The van der Waals surface area contributed by atoms with Crippen molar-refractivity contribution in [2.75, 3.05) is 7.05 Å². The Hall–Kier alpha value is -2.77. The quantitative estimate of drug-likeness (QED) is 0.839. The molecule has 2 aromatic rings. The lowest BCUT2D eigenvalue weighted by Gasteiger charge is -2.04. The highest BCUT2D eigenvalue weighted by molar-refractivity contribution is 5.92. The van der Waals surface area contributed by atoms with Gasteiger partial charge in [0.25, 0.3) is 5.91 Å². The van der Waals surface area contributed by atoms with Crippen molar-refractivity contribution in [3.63, 3.8) is 0 Å². The second-order valence-electron chi connectivity index (χ2n) is 3.53. The van der Waals surface area contributed by atoms with Crippen LogP contribution in [0, 0.1) is 5.82 Å². The van der Waals surface area contributed by atoms with E-state index in [0.29, 0.717) is 0 Å².